The van der Waals surface area contributed by atoms with Gasteiger partial charge in [-0.05, 0) is 44.4 Å². The molecule has 1 N–H and O–H groups in total. The number of carbonyl (C=O) groups is 1. The van der Waals surface area contributed by atoms with E-state index in [9.17, 15) is 4.79 Å². The van der Waals surface area contributed by atoms with Crippen molar-refractivity contribution in [1.82, 2.24) is 20.4 Å². The van der Waals surface area contributed by atoms with Gasteiger partial charge in [-0.1, -0.05) is 47.1 Å². The molecule has 0 spiro atoms. The largest absolute Gasteiger partial charge is 0.349 e. The van der Waals surface area contributed by atoms with Crippen LogP contribution in [0.1, 0.15) is 46.0 Å². The van der Waals surface area contributed by atoms with Crippen LogP contribution in [-0.2, 0) is 12.3 Å². The van der Waals surface area contributed by atoms with E-state index in [0.29, 0.717) is 23.0 Å². The normalized spacial score (nSPS) is 15.2. The molecule has 0 aliphatic carbocycles. The number of aryl methyl sites for hydroxylation is 2. The summed E-state index contributed by atoms with van der Waals surface area (Å²) in [6.45, 7) is 6.88. The molecule has 1 aliphatic heterocycles. The summed E-state index contributed by atoms with van der Waals surface area (Å²) >= 11 is 1.54. The highest BCUT2D eigenvalue weighted by atomic mass is 32.2. The fourth-order valence-corrected chi connectivity index (χ4v) is 4.77. The maximum atomic E-state index is 13.0. The molecule has 6 nitrogen and oxygen atoms in total. The van der Waals surface area contributed by atoms with Crippen LogP contribution >= 0.6 is 11.8 Å². The zero-order valence-corrected chi connectivity index (χ0v) is 18.8. The number of rotatable bonds is 7. The lowest BCUT2D eigenvalue weighted by Crippen LogP contribution is -2.44. The van der Waals surface area contributed by atoms with Gasteiger partial charge >= 0.3 is 0 Å². The molecule has 1 fully saturated rings. The first kappa shape index (κ1) is 21.6. The van der Waals surface area contributed by atoms with E-state index in [1.165, 1.54) is 11.1 Å². The van der Waals surface area contributed by atoms with E-state index in [0.717, 1.165) is 37.4 Å². The quantitative estimate of drug-likeness (QED) is 0.555. The Balaban J connectivity index is 1.30. The van der Waals surface area contributed by atoms with E-state index in [4.69, 9.17) is 4.52 Å². The van der Waals surface area contributed by atoms with Gasteiger partial charge in [0.2, 0.25) is 5.89 Å². The minimum atomic E-state index is -0.0121. The Labute approximate surface area is 187 Å². The predicted octanol–water partition coefficient (Wildman–Crippen LogP) is 4.37. The monoisotopic (exact) mass is 436 g/mol. The summed E-state index contributed by atoms with van der Waals surface area (Å²) < 4.78 is 5.18. The molecule has 2 aromatic carbocycles. The van der Waals surface area contributed by atoms with Crippen LogP contribution in [-0.4, -0.2) is 40.1 Å². The highest BCUT2D eigenvalue weighted by molar-refractivity contribution is 7.98. The van der Waals surface area contributed by atoms with Gasteiger partial charge in [0.05, 0.1) is 11.3 Å². The summed E-state index contributed by atoms with van der Waals surface area (Å²) in [4.78, 5) is 20.6. The molecule has 162 valence electrons. The van der Waals surface area contributed by atoms with Gasteiger partial charge in [-0.25, -0.2) is 0 Å². The molecule has 0 saturated carbocycles. The molecule has 1 aliphatic rings. The summed E-state index contributed by atoms with van der Waals surface area (Å²) in [5, 5.41) is 7.06. The summed E-state index contributed by atoms with van der Waals surface area (Å²) in [5.41, 5.74) is 3.35. The number of amides is 1. The average molecular weight is 437 g/mol. The molecule has 1 aromatic heterocycles. The topological polar surface area (TPSA) is 71.3 Å². The number of benzene rings is 2. The van der Waals surface area contributed by atoms with Gasteiger partial charge < -0.3 is 9.84 Å². The molecular weight excluding hydrogens is 408 g/mol. The van der Waals surface area contributed by atoms with Crippen molar-refractivity contribution in [2.45, 2.75) is 49.9 Å². The van der Waals surface area contributed by atoms with Crippen molar-refractivity contribution < 1.29 is 9.32 Å². The van der Waals surface area contributed by atoms with E-state index in [1.54, 1.807) is 18.7 Å². The van der Waals surface area contributed by atoms with E-state index >= 15 is 0 Å². The second-order valence-electron chi connectivity index (χ2n) is 8.03. The van der Waals surface area contributed by atoms with E-state index in [-0.39, 0.29) is 11.9 Å². The smallest absolute Gasteiger partial charge is 0.252 e. The second kappa shape index (κ2) is 10.1. The number of carbonyl (C=O) groups excluding carboxylic acids is 1. The lowest BCUT2D eigenvalue weighted by molar-refractivity contribution is 0.0906. The number of nitrogens with zero attached hydrogens (tertiary/aromatic N) is 3. The lowest BCUT2D eigenvalue weighted by Gasteiger charge is -2.32. The standard InChI is InChI=1S/C24H28N4O2S/c1-17-6-5-7-19(14-17)15-28-12-10-20(11-13-28)26-24(29)21-8-3-4-9-22(21)31-16-23-25-18(2)27-30-23/h3-9,14,20H,10-13,15-16H2,1-2H3,(H,26,29). The van der Waals surface area contributed by atoms with Gasteiger partial charge in [-0.15, -0.1) is 11.8 Å². The molecule has 0 bridgehead atoms. The van der Waals surface area contributed by atoms with Crippen LogP contribution in [0.5, 0.6) is 0 Å². The van der Waals surface area contributed by atoms with Gasteiger partial charge in [0.25, 0.3) is 5.91 Å². The van der Waals surface area contributed by atoms with Gasteiger partial charge in [0, 0.05) is 30.6 Å². The summed E-state index contributed by atoms with van der Waals surface area (Å²) in [5.74, 6) is 1.72. The molecule has 1 saturated heterocycles. The zero-order valence-electron chi connectivity index (χ0n) is 18.0. The molecule has 1 amide bonds. The highest BCUT2D eigenvalue weighted by Gasteiger charge is 2.22. The van der Waals surface area contributed by atoms with Crippen LogP contribution in [0.25, 0.3) is 0 Å². The Kier molecular flexibility index (Phi) is 7.04. The van der Waals surface area contributed by atoms with Crippen molar-refractivity contribution in [3.63, 3.8) is 0 Å². The minimum Gasteiger partial charge on any atom is -0.349 e. The third-order valence-electron chi connectivity index (χ3n) is 5.46. The van der Waals surface area contributed by atoms with Crippen LogP contribution in [0.15, 0.2) is 57.9 Å². The molecule has 0 unspecified atom stereocenters. The third-order valence-corrected chi connectivity index (χ3v) is 6.52. The van der Waals surface area contributed by atoms with E-state index in [1.807, 2.05) is 24.3 Å². The van der Waals surface area contributed by atoms with Crippen molar-refractivity contribution in [2.75, 3.05) is 13.1 Å². The van der Waals surface area contributed by atoms with Crippen LogP contribution in [0.3, 0.4) is 0 Å². The molecule has 0 radical (unpaired) electrons. The van der Waals surface area contributed by atoms with E-state index < -0.39 is 0 Å². The molecule has 0 atom stereocenters. The summed E-state index contributed by atoms with van der Waals surface area (Å²) in [6, 6.07) is 16.6. The fourth-order valence-electron chi connectivity index (χ4n) is 3.89. The number of likely N-dealkylation sites (tertiary alicyclic amines) is 1. The molecule has 2 heterocycles. The van der Waals surface area contributed by atoms with Gasteiger partial charge in [-0.2, -0.15) is 4.98 Å². The third kappa shape index (κ3) is 5.95. The molecule has 4 rings (SSSR count). The van der Waals surface area contributed by atoms with Gasteiger partial charge in [-0.3, -0.25) is 9.69 Å². The Hall–Kier alpha value is -2.64. The Morgan fingerprint density at radius 1 is 1.16 bits per heavy atom. The van der Waals surface area contributed by atoms with Crippen LogP contribution in [0.4, 0.5) is 0 Å². The molecule has 7 heteroatoms. The van der Waals surface area contributed by atoms with Crippen molar-refractivity contribution in [1.29, 1.82) is 0 Å². The van der Waals surface area contributed by atoms with Crippen LogP contribution < -0.4 is 5.32 Å². The van der Waals surface area contributed by atoms with Crippen molar-refractivity contribution >= 4 is 17.7 Å². The SMILES string of the molecule is Cc1cccc(CN2CCC(NC(=O)c3ccccc3SCc3nc(C)no3)CC2)c1. The van der Waals surface area contributed by atoms with Crippen molar-refractivity contribution in [3.05, 3.63) is 76.9 Å². The second-order valence-corrected chi connectivity index (χ2v) is 9.05. The van der Waals surface area contributed by atoms with Gasteiger partial charge in [0.1, 0.15) is 0 Å². The van der Waals surface area contributed by atoms with Gasteiger partial charge in [0.15, 0.2) is 5.82 Å². The average Bonchev–Trinajstić information content (AvgIpc) is 3.19. The number of nitrogens with one attached hydrogen (secondary N) is 1. The Bertz CT molecular complexity index is 1030. The maximum absolute atomic E-state index is 13.0. The lowest BCUT2D eigenvalue weighted by atomic mass is 10.0. The van der Waals surface area contributed by atoms with Crippen molar-refractivity contribution in [2.24, 2.45) is 0 Å². The molecular formula is C24H28N4O2S. The number of hydrogen-bond donors (Lipinski definition) is 1. The minimum absolute atomic E-state index is 0.0121. The van der Waals surface area contributed by atoms with Crippen LogP contribution in [0, 0.1) is 13.8 Å². The number of hydrogen-bond acceptors (Lipinski definition) is 6. The first-order valence-corrected chi connectivity index (χ1v) is 11.6. The maximum Gasteiger partial charge on any atom is 0.252 e. The van der Waals surface area contributed by atoms with E-state index in [2.05, 4.69) is 51.5 Å². The zero-order chi connectivity index (χ0) is 21.6. The molecule has 31 heavy (non-hydrogen) atoms. The molecule has 3 aromatic rings. The fraction of sp³-hybridized carbons (Fsp3) is 0.375. The number of aromatic nitrogens is 2. The van der Waals surface area contributed by atoms with Crippen LogP contribution in [0.2, 0.25) is 0 Å². The highest BCUT2D eigenvalue weighted by Crippen LogP contribution is 2.26. The number of piperidine rings is 1. The number of thioether (sulfide) groups is 1. The Morgan fingerprint density at radius 3 is 2.71 bits per heavy atom. The first-order valence-electron chi connectivity index (χ1n) is 10.7. The van der Waals surface area contributed by atoms with Crippen molar-refractivity contribution in [3.8, 4) is 0 Å². The summed E-state index contributed by atoms with van der Waals surface area (Å²) in [7, 11) is 0. The summed E-state index contributed by atoms with van der Waals surface area (Å²) in [6.07, 6.45) is 1.93. The predicted molar refractivity (Wildman–Crippen MR) is 122 cm³/mol. The Morgan fingerprint density at radius 2 is 1.97 bits per heavy atom. The first-order chi connectivity index (χ1) is 15.1.